The Balaban J connectivity index is 1.80. The molecule has 2 aliphatic carbocycles. The zero-order valence-electron chi connectivity index (χ0n) is 19.3. The van der Waals surface area contributed by atoms with E-state index in [1.165, 1.54) is 12.1 Å². The number of halogens is 2. The van der Waals surface area contributed by atoms with Crippen LogP contribution in [0.4, 0.5) is 0 Å². The van der Waals surface area contributed by atoms with Crippen molar-refractivity contribution < 1.29 is 34.1 Å². The van der Waals surface area contributed by atoms with Crippen molar-refractivity contribution >= 4 is 52.3 Å². The lowest BCUT2D eigenvalue weighted by Gasteiger charge is -2.29. The van der Waals surface area contributed by atoms with Crippen molar-refractivity contribution in [3.8, 4) is 11.5 Å². The standard InChI is InChI=1S/C25H23Cl2NO7S/c1-2-34-18-11-12(9-10-17(18)35-25(33)23-22(26)24(27)36-28-23)19(20-13(29)5-3-6-14(20)30)21-15(31)7-4-8-16(21)32/h9-11,19,29,31H,2-8H2,1H3. The molecule has 1 aromatic heterocycles. The quantitative estimate of drug-likeness (QED) is 0.304. The number of allylic oxidation sites excluding steroid dienone is 4. The molecule has 190 valence electrons. The van der Waals surface area contributed by atoms with Gasteiger partial charge < -0.3 is 19.7 Å². The lowest BCUT2D eigenvalue weighted by molar-refractivity contribution is -0.117. The molecule has 0 bridgehead atoms. The summed E-state index contributed by atoms with van der Waals surface area (Å²) < 4.78 is 15.2. The number of ketones is 2. The molecule has 0 radical (unpaired) electrons. The molecule has 0 unspecified atom stereocenters. The predicted molar refractivity (Wildman–Crippen MR) is 134 cm³/mol. The Morgan fingerprint density at radius 1 is 1.03 bits per heavy atom. The van der Waals surface area contributed by atoms with Gasteiger partial charge in [0, 0.05) is 42.7 Å². The van der Waals surface area contributed by atoms with E-state index in [-0.39, 0.29) is 80.2 Å². The zero-order valence-corrected chi connectivity index (χ0v) is 21.6. The number of aromatic nitrogens is 1. The molecule has 8 nitrogen and oxygen atoms in total. The maximum atomic E-state index is 12.9. The second-order valence-electron chi connectivity index (χ2n) is 8.35. The van der Waals surface area contributed by atoms with E-state index in [1.807, 2.05) is 0 Å². The molecule has 4 rings (SSSR count). The number of hydrogen-bond acceptors (Lipinski definition) is 9. The van der Waals surface area contributed by atoms with Crippen molar-refractivity contribution in [1.82, 2.24) is 4.37 Å². The summed E-state index contributed by atoms with van der Waals surface area (Å²) in [6.45, 7) is 1.96. The molecule has 1 heterocycles. The van der Waals surface area contributed by atoms with Gasteiger partial charge in [0.05, 0.1) is 18.1 Å². The number of rotatable bonds is 7. The summed E-state index contributed by atoms with van der Waals surface area (Å²) in [4.78, 5) is 38.5. The SMILES string of the molecule is CCOc1cc(C(C2=C(O)CCCC2=O)C2=C(O)CCCC2=O)ccc1OC(=O)c1nsc(Cl)c1Cl. The van der Waals surface area contributed by atoms with Crippen LogP contribution in [0, 0.1) is 0 Å². The molecule has 2 N–H and O–H groups in total. The summed E-state index contributed by atoms with van der Waals surface area (Å²) in [5.74, 6) is -2.36. The largest absolute Gasteiger partial charge is 0.512 e. The highest BCUT2D eigenvalue weighted by atomic mass is 35.5. The monoisotopic (exact) mass is 551 g/mol. The molecule has 2 aromatic rings. The van der Waals surface area contributed by atoms with Crippen LogP contribution in [0.25, 0.3) is 0 Å². The third kappa shape index (κ3) is 5.14. The van der Waals surface area contributed by atoms with E-state index in [0.717, 1.165) is 11.5 Å². The number of carbonyl (C=O) groups is 3. The Kier molecular flexibility index (Phi) is 8.02. The third-order valence-corrected chi connectivity index (χ3v) is 7.64. The summed E-state index contributed by atoms with van der Waals surface area (Å²) in [5.41, 5.74) is 0.478. The van der Waals surface area contributed by atoms with E-state index in [4.69, 9.17) is 32.7 Å². The second-order valence-corrected chi connectivity index (χ2v) is 10.1. The third-order valence-electron chi connectivity index (χ3n) is 6.03. The van der Waals surface area contributed by atoms with E-state index < -0.39 is 11.9 Å². The van der Waals surface area contributed by atoms with Gasteiger partial charge in [-0.25, -0.2) is 4.79 Å². The van der Waals surface area contributed by atoms with Crippen LogP contribution in [0.5, 0.6) is 11.5 Å². The van der Waals surface area contributed by atoms with Crippen LogP contribution in [-0.2, 0) is 9.59 Å². The minimum atomic E-state index is -0.985. The van der Waals surface area contributed by atoms with Crippen molar-refractivity contribution in [2.45, 2.75) is 51.4 Å². The minimum Gasteiger partial charge on any atom is -0.512 e. The van der Waals surface area contributed by atoms with Gasteiger partial charge in [-0.3, -0.25) is 9.59 Å². The summed E-state index contributed by atoms with van der Waals surface area (Å²) in [5, 5.41) is 21.4. The molecular weight excluding hydrogens is 529 g/mol. The molecule has 0 saturated carbocycles. The Labute approximate surface area is 221 Å². The van der Waals surface area contributed by atoms with Gasteiger partial charge in [0.1, 0.15) is 9.36 Å². The Morgan fingerprint density at radius 2 is 1.64 bits per heavy atom. The first-order valence-corrected chi connectivity index (χ1v) is 13.0. The van der Waals surface area contributed by atoms with Gasteiger partial charge in [0.2, 0.25) is 0 Å². The van der Waals surface area contributed by atoms with Gasteiger partial charge in [0.15, 0.2) is 28.8 Å². The number of ether oxygens (including phenoxy) is 2. The van der Waals surface area contributed by atoms with Crippen molar-refractivity contribution in [1.29, 1.82) is 0 Å². The normalized spacial score (nSPS) is 16.7. The minimum absolute atomic E-state index is 0.0160. The average molecular weight is 552 g/mol. The first-order chi connectivity index (χ1) is 17.2. The highest BCUT2D eigenvalue weighted by molar-refractivity contribution is 7.11. The van der Waals surface area contributed by atoms with Crippen molar-refractivity contribution in [2.24, 2.45) is 0 Å². The van der Waals surface area contributed by atoms with Crippen LogP contribution in [-0.4, -0.2) is 38.7 Å². The number of benzene rings is 1. The predicted octanol–water partition coefficient (Wildman–Crippen LogP) is 6.28. The van der Waals surface area contributed by atoms with Crippen molar-refractivity contribution in [3.63, 3.8) is 0 Å². The van der Waals surface area contributed by atoms with Crippen molar-refractivity contribution in [2.75, 3.05) is 6.61 Å². The van der Waals surface area contributed by atoms with E-state index >= 15 is 0 Å². The Hall–Kier alpha value is -2.88. The first-order valence-electron chi connectivity index (χ1n) is 11.4. The number of hydrogen-bond donors (Lipinski definition) is 2. The molecule has 0 fully saturated rings. The molecule has 0 amide bonds. The van der Waals surface area contributed by atoms with E-state index in [0.29, 0.717) is 31.2 Å². The zero-order chi connectivity index (χ0) is 26.0. The summed E-state index contributed by atoms with van der Waals surface area (Å²) in [7, 11) is 0. The number of aliphatic hydroxyl groups excluding tert-OH is 2. The fraction of sp³-hybridized carbons (Fsp3) is 0.360. The second kappa shape index (κ2) is 11.0. The smallest absolute Gasteiger partial charge is 0.365 e. The molecule has 0 spiro atoms. The topological polar surface area (TPSA) is 123 Å². The van der Waals surface area contributed by atoms with Gasteiger partial charge in [-0.2, -0.15) is 4.37 Å². The number of esters is 1. The van der Waals surface area contributed by atoms with Gasteiger partial charge in [-0.15, -0.1) is 0 Å². The number of Topliss-reactive ketones (excluding diaryl/α,β-unsaturated/α-hetero) is 2. The van der Waals surface area contributed by atoms with Crippen LogP contribution in [0.1, 0.15) is 67.4 Å². The van der Waals surface area contributed by atoms with Crippen molar-refractivity contribution in [3.05, 3.63) is 61.5 Å². The van der Waals surface area contributed by atoms with Gasteiger partial charge in [-0.05, 0) is 49.0 Å². The van der Waals surface area contributed by atoms with E-state index in [2.05, 4.69) is 4.37 Å². The highest BCUT2D eigenvalue weighted by Gasteiger charge is 2.37. The Bertz CT molecular complexity index is 1260. The maximum Gasteiger partial charge on any atom is 0.365 e. The van der Waals surface area contributed by atoms with Crippen LogP contribution in [0.2, 0.25) is 9.36 Å². The average Bonchev–Trinajstić information content (AvgIpc) is 3.17. The number of carbonyl (C=O) groups excluding carboxylic acids is 3. The molecule has 0 atom stereocenters. The fourth-order valence-electron chi connectivity index (χ4n) is 4.42. The van der Waals surface area contributed by atoms with Crippen LogP contribution in [0.3, 0.4) is 0 Å². The first kappa shape index (κ1) is 26.2. The number of aliphatic hydroxyl groups is 2. The number of nitrogens with zero attached hydrogens (tertiary/aromatic N) is 1. The van der Waals surface area contributed by atoms with Crippen LogP contribution in [0.15, 0.2) is 40.9 Å². The van der Waals surface area contributed by atoms with Crippen LogP contribution >= 0.6 is 34.7 Å². The lowest BCUT2D eigenvalue weighted by atomic mass is 9.74. The molecule has 1 aromatic carbocycles. The summed E-state index contributed by atoms with van der Waals surface area (Å²) in [6.07, 6.45) is 2.05. The highest BCUT2D eigenvalue weighted by Crippen LogP contribution is 2.44. The van der Waals surface area contributed by atoms with E-state index in [9.17, 15) is 24.6 Å². The summed E-state index contributed by atoms with van der Waals surface area (Å²) in [6, 6.07) is 4.56. The van der Waals surface area contributed by atoms with Gasteiger partial charge in [-0.1, -0.05) is 29.3 Å². The molecule has 0 aliphatic heterocycles. The maximum absolute atomic E-state index is 12.9. The summed E-state index contributed by atoms with van der Waals surface area (Å²) >= 11 is 12.8. The van der Waals surface area contributed by atoms with Crippen LogP contribution < -0.4 is 9.47 Å². The molecule has 2 aliphatic rings. The Morgan fingerprint density at radius 3 is 2.14 bits per heavy atom. The molecule has 11 heteroatoms. The van der Waals surface area contributed by atoms with Gasteiger partial charge >= 0.3 is 5.97 Å². The molecule has 36 heavy (non-hydrogen) atoms. The molecule has 0 saturated heterocycles. The lowest BCUT2D eigenvalue weighted by Crippen LogP contribution is -2.25. The van der Waals surface area contributed by atoms with E-state index in [1.54, 1.807) is 13.0 Å². The molecular formula is C25H23Cl2NO7S. The van der Waals surface area contributed by atoms with Gasteiger partial charge in [0.25, 0.3) is 0 Å². The fourth-order valence-corrected chi connectivity index (χ4v) is 5.40.